The highest BCUT2D eigenvalue weighted by Gasteiger charge is 2.39. The lowest BCUT2D eigenvalue weighted by Gasteiger charge is -2.17. The molecule has 1 rings (SSSR count). The van der Waals surface area contributed by atoms with Gasteiger partial charge in [0.2, 0.25) is 5.92 Å². The van der Waals surface area contributed by atoms with Gasteiger partial charge in [-0.2, -0.15) is 0 Å². The van der Waals surface area contributed by atoms with Crippen LogP contribution in [0.5, 0.6) is 0 Å². The van der Waals surface area contributed by atoms with Gasteiger partial charge in [-0.05, 0) is 19.4 Å². The lowest BCUT2D eigenvalue weighted by atomic mass is 9.88. The molecule has 21 heavy (non-hydrogen) atoms. The van der Waals surface area contributed by atoms with Crippen LogP contribution in [0.4, 0.5) is 0 Å². The highest BCUT2D eigenvalue weighted by Crippen LogP contribution is 2.21. The SMILES string of the molecule is CCOC(=O)C(C(=O)OCC)C(=O)C(C)c1ccccc1. The Morgan fingerprint density at radius 1 is 0.952 bits per heavy atom. The van der Waals surface area contributed by atoms with Crippen LogP contribution in [-0.2, 0) is 23.9 Å². The van der Waals surface area contributed by atoms with Gasteiger partial charge in [-0.1, -0.05) is 37.3 Å². The lowest BCUT2D eigenvalue weighted by molar-refractivity contribution is -0.164. The van der Waals surface area contributed by atoms with E-state index in [1.165, 1.54) is 0 Å². The van der Waals surface area contributed by atoms with E-state index in [0.717, 1.165) is 5.56 Å². The first-order chi connectivity index (χ1) is 10.0. The molecular formula is C16H20O5. The van der Waals surface area contributed by atoms with Gasteiger partial charge in [-0.25, -0.2) is 0 Å². The predicted octanol–water partition coefficient (Wildman–Crippen LogP) is 2.10. The van der Waals surface area contributed by atoms with Crippen molar-refractivity contribution in [3.05, 3.63) is 35.9 Å². The van der Waals surface area contributed by atoms with Gasteiger partial charge in [0.15, 0.2) is 5.78 Å². The third-order valence-corrected chi connectivity index (χ3v) is 3.06. The Morgan fingerprint density at radius 3 is 1.86 bits per heavy atom. The molecule has 5 heteroatoms. The zero-order valence-corrected chi connectivity index (χ0v) is 12.5. The van der Waals surface area contributed by atoms with Gasteiger partial charge in [0.05, 0.1) is 13.2 Å². The Kier molecular flexibility index (Phi) is 6.59. The molecule has 0 amide bonds. The quantitative estimate of drug-likeness (QED) is 0.568. The average molecular weight is 292 g/mol. The second kappa shape index (κ2) is 8.19. The summed E-state index contributed by atoms with van der Waals surface area (Å²) in [6, 6.07) is 8.96. The fourth-order valence-corrected chi connectivity index (χ4v) is 1.94. The number of carbonyl (C=O) groups is 3. The summed E-state index contributed by atoms with van der Waals surface area (Å²) < 4.78 is 9.64. The minimum Gasteiger partial charge on any atom is -0.465 e. The number of hydrogen-bond acceptors (Lipinski definition) is 5. The standard InChI is InChI=1S/C16H20O5/c1-4-20-15(18)13(16(19)21-5-2)14(17)11(3)12-9-7-6-8-10-12/h6-11,13H,4-5H2,1-3H3. The first-order valence-electron chi connectivity index (χ1n) is 6.94. The summed E-state index contributed by atoms with van der Waals surface area (Å²) >= 11 is 0. The number of Topliss-reactive ketones (excluding diaryl/α,β-unsaturated/α-hetero) is 1. The second-order valence-corrected chi connectivity index (χ2v) is 4.47. The highest BCUT2D eigenvalue weighted by atomic mass is 16.6. The molecule has 0 aliphatic rings. The van der Waals surface area contributed by atoms with Crippen molar-refractivity contribution in [3.8, 4) is 0 Å². The Morgan fingerprint density at radius 2 is 1.43 bits per heavy atom. The summed E-state index contributed by atoms with van der Waals surface area (Å²) in [5, 5.41) is 0. The number of ketones is 1. The molecule has 114 valence electrons. The molecule has 0 heterocycles. The summed E-state index contributed by atoms with van der Waals surface area (Å²) in [7, 11) is 0. The van der Waals surface area contributed by atoms with E-state index in [1.54, 1.807) is 45.0 Å². The molecular weight excluding hydrogens is 272 g/mol. The van der Waals surface area contributed by atoms with Crippen LogP contribution in [0.2, 0.25) is 0 Å². The van der Waals surface area contributed by atoms with E-state index in [1.807, 2.05) is 6.07 Å². The third-order valence-electron chi connectivity index (χ3n) is 3.06. The molecule has 1 aromatic rings. The minimum atomic E-state index is -1.53. The molecule has 5 nitrogen and oxygen atoms in total. The molecule has 0 aliphatic carbocycles. The molecule has 0 aliphatic heterocycles. The van der Waals surface area contributed by atoms with Crippen LogP contribution < -0.4 is 0 Å². The lowest BCUT2D eigenvalue weighted by Crippen LogP contribution is -2.37. The largest absolute Gasteiger partial charge is 0.465 e. The van der Waals surface area contributed by atoms with Gasteiger partial charge in [-0.15, -0.1) is 0 Å². The van der Waals surface area contributed by atoms with Crippen LogP contribution in [0.15, 0.2) is 30.3 Å². The number of esters is 2. The van der Waals surface area contributed by atoms with E-state index in [9.17, 15) is 14.4 Å². The predicted molar refractivity (Wildman–Crippen MR) is 76.6 cm³/mol. The van der Waals surface area contributed by atoms with E-state index in [-0.39, 0.29) is 13.2 Å². The molecule has 1 atom stereocenters. The van der Waals surface area contributed by atoms with Crippen molar-refractivity contribution in [2.45, 2.75) is 26.7 Å². The average Bonchev–Trinajstić information content (AvgIpc) is 2.48. The Hall–Kier alpha value is -2.17. The van der Waals surface area contributed by atoms with Crippen molar-refractivity contribution in [3.63, 3.8) is 0 Å². The van der Waals surface area contributed by atoms with Crippen molar-refractivity contribution >= 4 is 17.7 Å². The third kappa shape index (κ3) is 4.41. The maximum Gasteiger partial charge on any atom is 0.328 e. The fourth-order valence-electron chi connectivity index (χ4n) is 1.94. The van der Waals surface area contributed by atoms with Gasteiger partial charge in [-0.3, -0.25) is 14.4 Å². The van der Waals surface area contributed by atoms with Crippen molar-refractivity contribution in [2.24, 2.45) is 5.92 Å². The molecule has 1 aromatic carbocycles. The Balaban J connectivity index is 2.99. The van der Waals surface area contributed by atoms with E-state index in [2.05, 4.69) is 0 Å². The Labute approximate surface area is 124 Å². The molecule has 0 spiro atoms. The molecule has 0 aromatic heterocycles. The number of rotatable bonds is 7. The molecule has 0 fully saturated rings. The van der Waals surface area contributed by atoms with Crippen LogP contribution in [0, 0.1) is 5.92 Å². The van der Waals surface area contributed by atoms with E-state index in [4.69, 9.17) is 9.47 Å². The maximum atomic E-state index is 12.5. The number of benzene rings is 1. The van der Waals surface area contributed by atoms with Crippen molar-refractivity contribution in [1.29, 1.82) is 0 Å². The van der Waals surface area contributed by atoms with Crippen LogP contribution in [0.25, 0.3) is 0 Å². The maximum absolute atomic E-state index is 12.5. The Bertz CT molecular complexity index is 477. The van der Waals surface area contributed by atoms with Crippen molar-refractivity contribution < 1.29 is 23.9 Å². The molecule has 1 unspecified atom stereocenters. The number of hydrogen-bond donors (Lipinski definition) is 0. The van der Waals surface area contributed by atoms with Crippen molar-refractivity contribution in [2.75, 3.05) is 13.2 Å². The molecule has 0 bridgehead atoms. The summed E-state index contributed by atoms with van der Waals surface area (Å²) in [4.78, 5) is 36.3. The summed E-state index contributed by atoms with van der Waals surface area (Å²) in [5.74, 6) is -4.35. The van der Waals surface area contributed by atoms with E-state index in [0.29, 0.717) is 0 Å². The van der Waals surface area contributed by atoms with E-state index < -0.39 is 29.6 Å². The monoisotopic (exact) mass is 292 g/mol. The zero-order chi connectivity index (χ0) is 15.8. The van der Waals surface area contributed by atoms with Gasteiger partial charge in [0.1, 0.15) is 0 Å². The van der Waals surface area contributed by atoms with Crippen LogP contribution in [-0.4, -0.2) is 30.9 Å². The van der Waals surface area contributed by atoms with Crippen LogP contribution in [0.1, 0.15) is 32.3 Å². The topological polar surface area (TPSA) is 69.7 Å². The first-order valence-corrected chi connectivity index (χ1v) is 6.94. The normalized spacial score (nSPS) is 11.8. The summed E-state index contributed by atoms with van der Waals surface area (Å²) in [6.07, 6.45) is 0. The molecule has 0 saturated heterocycles. The molecule has 0 radical (unpaired) electrons. The van der Waals surface area contributed by atoms with E-state index >= 15 is 0 Å². The fraction of sp³-hybridized carbons (Fsp3) is 0.438. The first kappa shape index (κ1) is 16.9. The molecule has 0 saturated carbocycles. The highest BCUT2D eigenvalue weighted by molar-refractivity contribution is 6.16. The number of carbonyl (C=O) groups excluding carboxylic acids is 3. The smallest absolute Gasteiger partial charge is 0.328 e. The van der Waals surface area contributed by atoms with Gasteiger partial charge >= 0.3 is 11.9 Å². The number of ether oxygens (including phenoxy) is 2. The van der Waals surface area contributed by atoms with Gasteiger partial charge in [0.25, 0.3) is 0 Å². The van der Waals surface area contributed by atoms with Gasteiger partial charge in [0, 0.05) is 5.92 Å². The summed E-state index contributed by atoms with van der Waals surface area (Å²) in [6.45, 7) is 5.09. The van der Waals surface area contributed by atoms with Crippen LogP contribution in [0.3, 0.4) is 0 Å². The summed E-state index contributed by atoms with van der Waals surface area (Å²) in [5.41, 5.74) is 0.737. The molecule has 0 N–H and O–H groups in total. The van der Waals surface area contributed by atoms with Gasteiger partial charge < -0.3 is 9.47 Å². The van der Waals surface area contributed by atoms with Crippen LogP contribution >= 0.6 is 0 Å². The minimum absolute atomic E-state index is 0.0989. The zero-order valence-electron chi connectivity index (χ0n) is 12.5. The van der Waals surface area contributed by atoms with Crippen molar-refractivity contribution in [1.82, 2.24) is 0 Å². The second-order valence-electron chi connectivity index (χ2n) is 4.47.